The van der Waals surface area contributed by atoms with Crippen molar-refractivity contribution < 1.29 is 14.3 Å². The molecule has 2 saturated heterocycles. The number of carbonyl (C=O) groups is 2. The number of morpholine rings is 1. The van der Waals surface area contributed by atoms with Crippen molar-refractivity contribution in [2.75, 3.05) is 31.2 Å². The molecule has 2 N–H and O–H groups in total. The topological polar surface area (TPSA) is 70.7 Å². The van der Waals surface area contributed by atoms with E-state index in [1.807, 2.05) is 30.3 Å². The highest BCUT2D eigenvalue weighted by atomic mass is 16.5. The van der Waals surface area contributed by atoms with E-state index >= 15 is 0 Å². The zero-order valence-electron chi connectivity index (χ0n) is 12.5. The first-order valence-electron chi connectivity index (χ1n) is 7.71. The standard InChI is InChI=1S/C16H21N3O3/c20-15(10-12-11-22-9-7-17-12)18-14-6-8-19(16(14)21)13-4-2-1-3-5-13/h1-5,12,14,17H,6-11H2,(H,18,20). The van der Waals surface area contributed by atoms with Crippen LogP contribution in [0, 0.1) is 0 Å². The van der Waals surface area contributed by atoms with Crippen molar-refractivity contribution in [1.82, 2.24) is 10.6 Å². The molecular weight excluding hydrogens is 282 g/mol. The second-order valence-corrected chi connectivity index (χ2v) is 5.66. The Morgan fingerprint density at radius 1 is 1.36 bits per heavy atom. The fraction of sp³-hybridized carbons (Fsp3) is 0.500. The number of nitrogens with zero attached hydrogens (tertiary/aromatic N) is 1. The van der Waals surface area contributed by atoms with Crippen LogP contribution in [-0.4, -0.2) is 50.2 Å². The van der Waals surface area contributed by atoms with Gasteiger partial charge in [0.25, 0.3) is 0 Å². The minimum atomic E-state index is -0.419. The van der Waals surface area contributed by atoms with E-state index in [0.29, 0.717) is 32.6 Å². The molecule has 3 rings (SSSR count). The maximum Gasteiger partial charge on any atom is 0.249 e. The molecule has 2 aliphatic rings. The normalized spacial score (nSPS) is 25.3. The molecule has 2 heterocycles. The van der Waals surface area contributed by atoms with E-state index in [-0.39, 0.29) is 17.9 Å². The minimum Gasteiger partial charge on any atom is -0.378 e. The van der Waals surface area contributed by atoms with Crippen LogP contribution in [0.3, 0.4) is 0 Å². The van der Waals surface area contributed by atoms with Crippen LogP contribution < -0.4 is 15.5 Å². The van der Waals surface area contributed by atoms with Crippen LogP contribution in [0.2, 0.25) is 0 Å². The van der Waals surface area contributed by atoms with Crippen LogP contribution in [0.1, 0.15) is 12.8 Å². The summed E-state index contributed by atoms with van der Waals surface area (Å²) in [7, 11) is 0. The molecule has 0 saturated carbocycles. The van der Waals surface area contributed by atoms with E-state index in [2.05, 4.69) is 10.6 Å². The Morgan fingerprint density at radius 3 is 2.91 bits per heavy atom. The summed E-state index contributed by atoms with van der Waals surface area (Å²) in [5, 5.41) is 6.09. The van der Waals surface area contributed by atoms with E-state index in [9.17, 15) is 9.59 Å². The summed E-state index contributed by atoms with van der Waals surface area (Å²) in [5.74, 6) is -0.135. The molecule has 1 aromatic carbocycles. The van der Waals surface area contributed by atoms with Gasteiger partial charge in [-0.05, 0) is 18.6 Å². The average Bonchev–Trinajstić information content (AvgIpc) is 2.90. The Balaban J connectivity index is 1.53. The Kier molecular flexibility index (Phi) is 4.70. The number of carbonyl (C=O) groups excluding carboxylic acids is 2. The predicted molar refractivity (Wildman–Crippen MR) is 82.6 cm³/mol. The van der Waals surface area contributed by atoms with Gasteiger partial charge in [-0.3, -0.25) is 9.59 Å². The fourth-order valence-electron chi connectivity index (χ4n) is 2.91. The molecule has 0 radical (unpaired) electrons. The molecule has 1 aromatic rings. The molecule has 0 bridgehead atoms. The van der Waals surface area contributed by atoms with Gasteiger partial charge in [0.2, 0.25) is 11.8 Å². The summed E-state index contributed by atoms with van der Waals surface area (Å²) in [6.07, 6.45) is 0.989. The van der Waals surface area contributed by atoms with Gasteiger partial charge in [-0.15, -0.1) is 0 Å². The molecule has 2 aliphatic heterocycles. The van der Waals surface area contributed by atoms with E-state index in [4.69, 9.17) is 4.74 Å². The second-order valence-electron chi connectivity index (χ2n) is 5.66. The van der Waals surface area contributed by atoms with E-state index < -0.39 is 6.04 Å². The maximum absolute atomic E-state index is 12.4. The summed E-state index contributed by atoms with van der Waals surface area (Å²) >= 11 is 0. The largest absolute Gasteiger partial charge is 0.378 e. The Bertz CT molecular complexity index is 529. The van der Waals surface area contributed by atoms with E-state index in [1.165, 1.54) is 0 Å². The first-order chi connectivity index (χ1) is 10.7. The Hall–Kier alpha value is -1.92. The first-order valence-corrected chi connectivity index (χ1v) is 7.71. The minimum absolute atomic E-state index is 0.0348. The van der Waals surface area contributed by atoms with Gasteiger partial charge in [0.05, 0.1) is 13.2 Å². The number of rotatable bonds is 4. The molecule has 0 spiro atoms. The van der Waals surface area contributed by atoms with Crippen LogP contribution in [0.25, 0.3) is 0 Å². The highest BCUT2D eigenvalue weighted by molar-refractivity contribution is 6.01. The van der Waals surface area contributed by atoms with Crippen molar-refractivity contribution in [1.29, 1.82) is 0 Å². The molecule has 2 unspecified atom stereocenters. The Morgan fingerprint density at radius 2 is 2.18 bits per heavy atom. The van der Waals surface area contributed by atoms with Crippen LogP contribution in [0.4, 0.5) is 5.69 Å². The average molecular weight is 303 g/mol. The lowest BCUT2D eigenvalue weighted by atomic mass is 10.1. The highest BCUT2D eigenvalue weighted by Crippen LogP contribution is 2.21. The van der Waals surface area contributed by atoms with Gasteiger partial charge >= 0.3 is 0 Å². The molecule has 6 heteroatoms. The summed E-state index contributed by atoms with van der Waals surface area (Å²) in [5.41, 5.74) is 0.881. The van der Waals surface area contributed by atoms with Gasteiger partial charge in [-0.1, -0.05) is 18.2 Å². The van der Waals surface area contributed by atoms with E-state index in [0.717, 1.165) is 12.2 Å². The number of hydrogen-bond acceptors (Lipinski definition) is 4. The molecule has 0 aliphatic carbocycles. The monoisotopic (exact) mass is 303 g/mol. The number of nitrogens with one attached hydrogen (secondary N) is 2. The van der Waals surface area contributed by atoms with Gasteiger partial charge in [-0.25, -0.2) is 0 Å². The van der Waals surface area contributed by atoms with Crippen LogP contribution in [-0.2, 0) is 14.3 Å². The zero-order valence-corrected chi connectivity index (χ0v) is 12.5. The molecule has 6 nitrogen and oxygen atoms in total. The lowest BCUT2D eigenvalue weighted by molar-refractivity contribution is -0.127. The van der Waals surface area contributed by atoms with Gasteiger partial charge in [0.1, 0.15) is 6.04 Å². The number of ether oxygens (including phenoxy) is 1. The molecule has 0 aromatic heterocycles. The van der Waals surface area contributed by atoms with Crippen molar-refractivity contribution in [2.24, 2.45) is 0 Å². The third-order valence-electron chi connectivity index (χ3n) is 4.04. The summed E-state index contributed by atoms with van der Waals surface area (Å²) in [4.78, 5) is 26.2. The van der Waals surface area contributed by atoms with Crippen molar-refractivity contribution in [3.05, 3.63) is 30.3 Å². The number of amides is 2. The zero-order chi connectivity index (χ0) is 15.4. The third-order valence-corrected chi connectivity index (χ3v) is 4.04. The lowest BCUT2D eigenvalue weighted by Gasteiger charge is -2.24. The van der Waals surface area contributed by atoms with Gasteiger partial charge in [-0.2, -0.15) is 0 Å². The first kappa shape index (κ1) is 15.0. The molecule has 2 atom stereocenters. The van der Waals surface area contributed by atoms with Crippen molar-refractivity contribution in [3.63, 3.8) is 0 Å². The number of para-hydroxylation sites is 1. The van der Waals surface area contributed by atoms with Crippen LogP contribution >= 0.6 is 0 Å². The third kappa shape index (κ3) is 3.45. The van der Waals surface area contributed by atoms with Crippen molar-refractivity contribution >= 4 is 17.5 Å². The van der Waals surface area contributed by atoms with Gasteiger partial charge in [0.15, 0.2) is 0 Å². The van der Waals surface area contributed by atoms with Crippen molar-refractivity contribution in [2.45, 2.75) is 24.9 Å². The number of hydrogen-bond donors (Lipinski definition) is 2. The lowest BCUT2D eigenvalue weighted by Crippen LogP contribution is -2.47. The molecule has 2 fully saturated rings. The summed E-state index contributed by atoms with van der Waals surface area (Å²) in [6.45, 7) is 2.63. The van der Waals surface area contributed by atoms with Crippen molar-refractivity contribution in [3.8, 4) is 0 Å². The van der Waals surface area contributed by atoms with Gasteiger partial charge < -0.3 is 20.3 Å². The molecular formula is C16H21N3O3. The molecule has 22 heavy (non-hydrogen) atoms. The summed E-state index contributed by atoms with van der Waals surface area (Å²) in [6, 6.07) is 9.17. The summed E-state index contributed by atoms with van der Waals surface area (Å²) < 4.78 is 5.33. The fourth-order valence-corrected chi connectivity index (χ4v) is 2.91. The maximum atomic E-state index is 12.4. The highest BCUT2D eigenvalue weighted by Gasteiger charge is 2.33. The molecule has 2 amide bonds. The Labute approximate surface area is 129 Å². The number of benzene rings is 1. The smallest absolute Gasteiger partial charge is 0.249 e. The number of anilines is 1. The SMILES string of the molecule is O=C(CC1COCCN1)NC1CCN(c2ccccc2)C1=O. The molecule has 118 valence electrons. The van der Waals surface area contributed by atoms with Gasteiger partial charge in [0, 0.05) is 31.2 Å². The quantitative estimate of drug-likeness (QED) is 0.838. The second kappa shape index (κ2) is 6.89. The van der Waals surface area contributed by atoms with E-state index in [1.54, 1.807) is 4.90 Å². The van der Waals surface area contributed by atoms with Crippen LogP contribution in [0.5, 0.6) is 0 Å². The van der Waals surface area contributed by atoms with Crippen LogP contribution in [0.15, 0.2) is 30.3 Å². The predicted octanol–water partition coefficient (Wildman–Crippen LogP) is 0.287.